The monoisotopic (exact) mass is 924 g/mol. The number of ether oxygens (including phenoxy) is 2. The van der Waals surface area contributed by atoms with Crippen LogP contribution in [-0.4, -0.2) is 98.7 Å². The summed E-state index contributed by atoms with van der Waals surface area (Å²) in [6.07, 6.45) is 45.8. The third-order valence-electron chi connectivity index (χ3n) is 13.4. The van der Waals surface area contributed by atoms with Crippen molar-refractivity contribution in [1.82, 2.24) is 5.32 Å². The van der Waals surface area contributed by atoms with Gasteiger partial charge in [-0.15, -0.1) is 0 Å². The molecule has 1 heterocycles. The Morgan fingerprint density at radius 2 is 0.892 bits per heavy atom. The van der Waals surface area contributed by atoms with E-state index in [4.69, 9.17) is 9.47 Å². The van der Waals surface area contributed by atoms with E-state index in [-0.39, 0.29) is 6.61 Å². The summed E-state index contributed by atoms with van der Waals surface area (Å²) >= 11 is 0. The molecule has 0 bridgehead atoms. The Morgan fingerprint density at radius 1 is 0.523 bits per heavy atom. The summed E-state index contributed by atoms with van der Waals surface area (Å²) in [5, 5.41) is 64.8. The predicted molar refractivity (Wildman–Crippen MR) is 269 cm³/mol. The summed E-state index contributed by atoms with van der Waals surface area (Å²) in [5.74, 6) is -0.615. The van der Waals surface area contributed by atoms with Gasteiger partial charge in [0.15, 0.2) is 6.29 Å². The van der Waals surface area contributed by atoms with Gasteiger partial charge in [0.05, 0.1) is 25.4 Å². The van der Waals surface area contributed by atoms with Crippen molar-refractivity contribution in [3.05, 3.63) is 24.3 Å². The summed E-state index contributed by atoms with van der Waals surface area (Å²) in [6.45, 7) is 3.61. The molecular formula is C55H105NO9. The number of aliphatic hydroxyl groups is 6. The molecule has 1 saturated heterocycles. The minimum atomic E-state index is -1.61. The third kappa shape index (κ3) is 34.6. The Morgan fingerprint density at radius 3 is 1.29 bits per heavy atom. The lowest BCUT2D eigenvalue weighted by molar-refractivity contribution is -0.302. The van der Waals surface area contributed by atoms with Gasteiger partial charge in [0, 0.05) is 0 Å². The highest BCUT2D eigenvalue weighted by Gasteiger charge is 2.44. The van der Waals surface area contributed by atoms with Crippen molar-refractivity contribution < 1.29 is 44.9 Å². The minimum absolute atomic E-state index is 0.303. The van der Waals surface area contributed by atoms with Crippen LogP contribution in [0.5, 0.6) is 0 Å². The molecule has 1 aliphatic heterocycles. The largest absolute Gasteiger partial charge is 0.394 e. The van der Waals surface area contributed by atoms with E-state index in [9.17, 15) is 35.4 Å². The molecule has 8 unspecified atom stereocenters. The smallest absolute Gasteiger partial charge is 0.249 e. The quantitative estimate of drug-likeness (QED) is 0.0232. The number of unbranched alkanes of at least 4 members (excludes halogenated alkanes) is 34. The first kappa shape index (κ1) is 61.6. The molecular weight excluding hydrogens is 819 g/mol. The van der Waals surface area contributed by atoms with Crippen LogP contribution in [0.4, 0.5) is 0 Å². The molecule has 0 radical (unpaired) electrons. The van der Waals surface area contributed by atoms with Gasteiger partial charge in [-0.25, -0.2) is 0 Å². The standard InChI is InChI=1S/C55H105NO9/c1-3-5-7-9-11-13-15-16-17-18-19-20-21-22-23-24-25-26-27-28-29-30-31-32-34-36-38-40-42-44-49(59)54(63)56-47(46-64-55-53(62)52(61)51(60)50(45-57)65-55)48(58)43-41-39-37-35-33-14-12-10-8-6-4-2/h22-23,41,43,47-53,55,57-62H,3-21,24-40,42,44-46H2,1-2H3,(H,56,63)/b23-22-,43-41+. The summed E-state index contributed by atoms with van der Waals surface area (Å²) in [6, 6.07) is -0.977. The van der Waals surface area contributed by atoms with E-state index in [1.54, 1.807) is 6.08 Å². The zero-order valence-electron chi connectivity index (χ0n) is 42.1. The number of amides is 1. The SMILES string of the molecule is CCCCCCCCCCC/C=C/C(O)C(COC1OC(CO)C(O)C(O)C1O)NC(=O)C(O)CCCCCCCCCCCCCCC/C=C\CCCCCCCCCCCCCC. The summed E-state index contributed by atoms with van der Waals surface area (Å²) in [4.78, 5) is 13.1. The fourth-order valence-corrected chi connectivity index (χ4v) is 8.87. The molecule has 0 aromatic heterocycles. The molecule has 7 N–H and O–H groups in total. The molecule has 0 saturated carbocycles. The lowest BCUT2D eigenvalue weighted by Gasteiger charge is -2.40. The molecule has 0 aromatic carbocycles. The van der Waals surface area contributed by atoms with Crippen LogP contribution < -0.4 is 5.32 Å². The maximum absolute atomic E-state index is 13.1. The number of rotatable bonds is 47. The van der Waals surface area contributed by atoms with Gasteiger partial charge in [0.1, 0.15) is 30.5 Å². The van der Waals surface area contributed by atoms with Gasteiger partial charge < -0.3 is 45.4 Å². The van der Waals surface area contributed by atoms with Crippen molar-refractivity contribution in [3.63, 3.8) is 0 Å². The van der Waals surface area contributed by atoms with Gasteiger partial charge in [0.2, 0.25) is 5.91 Å². The second-order valence-corrected chi connectivity index (χ2v) is 19.5. The lowest BCUT2D eigenvalue weighted by atomic mass is 9.99. The molecule has 0 aliphatic carbocycles. The summed E-state index contributed by atoms with van der Waals surface area (Å²) in [7, 11) is 0. The van der Waals surface area contributed by atoms with Gasteiger partial charge in [0.25, 0.3) is 0 Å². The van der Waals surface area contributed by atoms with Crippen LogP contribution in [0.15, 0.2) is 24.3 Å². The van der Waals surface area contributed by atoms with Crippen LogP contribution >= 0.6 is 0 Å². The fourth-order valence-electron chi connectivity index (χ4n) is 8.87. The van der Waals surface area contributed by atoms with Crippen LogP contribution in [0.2, 0.25) is 0 Å². The van der Waals surface area contributed by atoms with Gasteiger partial charge in [-0.05, 0) is 44.9 Å². The Labute approximate surface area is 399 Å². The average Bonchev–Trinajstić information content (AvgIpc) is 3.31. The molecule has 8 atom stereocenters. The average molecular weight is 924 g/mol. The predicted octanol–water partition coefficient (Wildman–Crippen LogP) is 12.0. The fraction of sp³-hybridized carbons (Fsp3) is 0.909. The van der Waals surface area contributed by atoms with E-state index in [1.807, 2.05) is 6.08 Å². The highest BCUT2D eigenvalue weighted by Crippen LogP contribution is 2.23. The van der Waals surface area contributed by atoms with E-state index in [0.717, 1.165) is 44.9 Å². The topological polar surface area (TPSA) is 169 Å². The van der Waals surface area contributed by atoms with Crippen molar-refractivity contribution in [2.24, 2.45) is 0 Å². The Hall–Kier alpha value is -1.37. The molecule has 0 spiro atoms. The number of nitrogens with one attached hydrogen (secondary N) is 1. The Bertz CT molecular complexity index is 1090. The first-order valence-electron chi connectivity index (χ1n) is 27.7. The zero-order valence-corrected chi connectivity index (χ0v) is 42.1. The highest BCUT2D eigenvalue weighted by atomic mass is 16.7. The Balaban J connectivity index is 2.18. The van der Waals surface area contributed by atoms with Gasteiger partial charge in [-0.3, -0.25) is 4.79 Å². The second kappa shape index (κ2) is 45.1. The van der Waals surface area contributed by atoms with Crippen molar-refractivity contribution in [2.75, 3.05) is 13.2 Å². The molecule has 1 amide bonds. The van der Waals surface area contributed by atoms with Gasteiger partial charge >= 0.3 is 0 Å². The van der Waals surface area contributed by atoms with Gasteiger partial charge in [-0.2, -0.15) is 0 Å². The molecule has 1 fully saturated rings. The van der Waals surface area contributed by atoms with E-state index in [0.29, 0.717) is 6.42 Å². The molecule has 10 nitrogen and oxygen atoms in total. The van der Waals surface area contributed by atoms with E-state index < -0.39 is 61.5 Å². The second-order valence-electron chi connectivity index (χ2n) is 19.5. The number of carbonyl (C=O) groups is 1. The molecule has 1 aliphatic rings. The van der Waals surface area contributed by atoms with E-state index in [2.05, 4.69) is 31.3 Å². The first-order valence-corrected chi connectivity index (χ1v) is 27.7. The zero-order chi connectivity index (χ0) is 47.4. The van der Waals surface area contributed by atoms with Crippen LogP contribution in [0.1, 0.15) is 258 Å². The molecule has 384 valence electrons. The molecule has 10 heteroatoms. The van der Waals surface area contributed by atoms with Crippen molar-refractivity contribution in [1.29, 1.82) is 0 Å². The summed E-state index contributed by atoms with van der Waals surface area (Å²) in [5.41, 5.74) is 0. The van der Waals surface area contributed by atoms with Crippen molar-refractivity contribution in [2.45, 2.75) is 307 Å². The molecule has 65 heavy (non-hydrogen) atoms. The third-order valence-corrected chi connectivity index (χ3v) is 13.4. The maximum Gasteiger partial charge on any atom is 0.249 e. The Kier molecular flexibility index (Phi) is 42.8. The number of carbonyl (C=O) groups excluding carboxylic acids is 1. The number of hydrogen-bond donors (Lipinski definition) is 7. The van der Waals surface area contributed by atoms with Crippen LogP contribution in [0.3, 0.4) is 0 Å². The lowest BCUT2D eigenvalue weighted by Crippen LogP contribution is -2.60. The summed E-state index contributed by atoms with van der Waals surface area (Å²) < 4.78 is 11.1. The first-order chi connectivity index (χ1) is 31.8. The normalized spacial score (nSPS) is 20.5. The maximum atomic E-state index is 13.1. The van der Waals surface area contributed by atoms with Crippen molar-refractivity contribution in [3.8, 4) is 0 Å². The number of hydrogen-bond acceptors (Lipinski definition) is 9. The number of aliphatic hydroxyl groups excluding tert-OH is 6. The van der Waals surface area contributed by atoms with Crippen LogP contribution in [0, 0.1) is 0 Å². The molecule has 0 aromatic rings. The number of allylic oxidation sites excluding steroid dienone is 3. The van der Waals surface area contributed by atoms with Crippen molar-refractivity contribution >= 4 is 5.91 Å². The van der Waals surface area contributed by atoms with E-state index >= 15 is 0 Å². The van der Waals surface area contributed by atoms with Gasteiger partial charge in [-0.1, -0.05) is 237 Å². The minimum Gasteiger partial charge on any atom is -0.394 e. The van der Waals surface area contributed by atoms with Crippen LogP contribution in [-0.2, 0) is 14.3 Å². The van der Waals surface area contributed by atoms with Crippen LogP contribution in [0.25, 0.3) is 0 Å². The highest BCUT2D eigenvalue weighted by molar-refractivity contribution is 5.80. The molecule has 1 rings (SSSR count). The van der Waals surface area contributed by atoms with E-state index in [1.165, 1.54) is 193 Å².